The Morgan fingerprint density at radius 3 is 2.52 bits per heavy atom. The van der Waals surface area contributed by atoms with E-state index in [0.717, 1.165) is 11.1 Å². The molecule has 3 saturated carbocycles. The molecule has 0 saturated heterocycles. The van der Waals surface area contributed by atoms with E-state index in [1.54, 1.807) is 31.2 Å². The van der Waals surface area contributed by atoms with Gasteiger partial charge in [-0.3, -0.25) is 4.79 Å². The van der Waals surface area contributed by atoms with E-state index in [9.17, 15) is 19.1 Å². The first-order valence-electron chi connectivity index (χ1n) is 10.5. The third kappa shape index (κ3) is 2.88. The van der Waals surface area contributed by atoms with Crippen LogP contribution in [0.3, 0.4) is 0 Å². The summed E-state index contributed by atoms with van der Waals surface area (Å²) in [5, 5.41) is 13.2. The molecular formula is C25H24FNO4. The minimum absolute atomic E-state index is 0.0861. The van der Waals surface area contributed by atoms with Crippen LogP contribution in [0, 0.1) is 13.8 Å². The van der Waals surface area contributed by atoms with Crippen molar-refractivity contribution < 1.29 is 18.7 Å². The smallest absolute Gasteiger partial charge is 0.337 e. The van der Waals surface area contributed by atoms with Crippen LogP contribution in [0.2, 0.25) is 0 Å². The molecule has 1 heterocycles. The van der Waals surface area contributed by atoms with Crippen molar-refractivity contribution in [3.8, 4) is 0 Å². The molecule has 1 aromatic heterocycles. The van der Waals surface area contributed by atoms with Crippen LogP contribution in [-0.4, -0.2) is 16.7 Å². The van der Waals surface area contributed by atoms with Crippen molar-refractivity contribution in [2.24, 2.45) is 0 Å². The quantitative estimate of drug-likeness (QED) is 0.575. The lowest BCUT2D eigenvalue weighted by molar-refractivity contribution is -0.167. The summed E-state index contributed by atoms with van der Waals surface area (Å²) in [7, 11) is 0. The van der Waals surface area contributed by atoms with E-state index in [1.165, 1.54) is 0 Å². The van der Waals surface area contributed by atoms with Crippen LogP contribution in [-0.2, 0) is 5.41 Å². The van der Waals surface area contributed by atoms with Gasteiger partial charge >= 0.3 is 5.97 Å². The standard InChI is InChI=1S/C25H24FNO4/c1-13-8-17(15(3)27-19-7-5-4-6-16(19)23(29)30)21-18(9-13)20(28)14(2)22(31-21)24-10-25(26,11-24)12-24/h4-9,15,27H,10-12H2,1-3H3,(H,29,30)/t15-,24?,25?/m1/s1. The second kappa shape index (κ2) is 6.42. The van der Waals surface area contributed by atoms with Crippen molar-refractivity contribution in [3.63, 3.8) is 0 Å². The van der Waals surface area contributed by atoms with Crippen LogP contribution in [0.15, 0.2) is 45.6 Å². The highest BCUT2D eigenvalue weighted by molar-refractivity contribution is 5.94. The molecule has 3 aliphatic carbocycles. The van der Waals surface area contributed by atoms with E-state index in [4.69, 9.17) is 4.42 Å². The van der Waals surface area contributed by atoms with Gasteiger partial charge in [-0.25, -0.2) is 9.18 Å². The number of benzene rings is 2. The first-order chi connectivity index (χ1) is 14.6. The van der Waals surface area contributed by atoms with Gasteiger partial charge < -0.3 is 14.8 Å². The summed E-state index contributed by atoms with van der Waals surface area (Å²) in [6.07, 6.45) is 1.24. The number of para-hydroxylation sites is 1. The second-order valence-electron chi connectivity index (χ2n) is 9.29. The van der Waals surface area contributed by atoms with Gasteiger partial charge in [0.1, 0.15) is 17.0 Å². The zero-order chi connectivity index (χ0) is 22.1. The number of aromatic carboxylic acids is 1. The molecule has 160 valence electrons. The van der Waals surface area contributed by atoms with Gasteiger partial charge in [-0.1, -0.05) is 18.2 Å². The van der Waals surface area contributed by atoms with Crippen molar-refractivity contribution in [3.05, 3.63) is 74.6 Å². The maximum atomic E-state index is 14.2. The van der Waals surface area contributed by atoms with E-state index in [-0.39, 0.29) is 22.4 Å². The van der Waals surface area contributed by atoms with Gasteiger partial charge in [0.2, 0.25) is 0 Å². The number of halogens is 1. The number of carboxylic acid groups (broad SMARTS) is 1. The van der Waals surface area contributed by atoms with Gasteiger partial charge in [-0.2, -0.15) is 0 Å². The minimum atomic E-state index is -1.09. The Balaban J connectivity index is 1.63. The van der Waals surface area contributed by atoms with Crippen LogP contribution >= 0.6 is 0 Å². The predicted molar refractivity (Wildman–Crippen MR) is 117 cm³/mol. The summed E-state index contributed by atoms with van der Waals surface area (Å²) in [5.41, 5.74) is 1.86. The Morgan fingerprint density at radius 2 is 1.87 bits per heavy atom. The summed E-state index contributed by atoms with van der Waals surface area (Å²) in [4.78, 5) is 24.8. The Kier molecular flexibility index (Phi) is 4.10. The molecule has 0 amide bonds. The lowest BCUT2D eigenvalue weighted by atomic mass is 9.41. The molecule has 1 atom stereocenters. The molecule has 31 heavy (non-hydrogen) atoms. The molecule has 3 aromatic rings. The van der Waals surface area contributed by atoms with Gasteiger partial charge in [-0.05, 0) is 63.8 Å². The normalized spacial score (nSPS) is 24.9. The third-order valence-corrected chi connectivity index (χ3v) is 6.84. The molecule has 2 N–H and O–H groups in total. The van der Waals surface area contributed by atoms with E-state index in [2.05, 4.69) is 5.32 Å². The van der Waals surface area contributed by atoms with Crippen molar-refractivity contribution in [1.82, 2.24) is 0 Å². The first kappa shape index (κ1) is 19.8. The highest BCUT2D eigenvalue weighted by atomic mass is 19.1. The topological polar surface area (TPSA) is 79.5 Å². The van der Waals surface area contributed by atoms with Crippen LogP contribution < -0.4 is 10.7 Å². The highest BCUT2D eigenvalue weighted by Crippen LogP contribution is 2.70. The van der Waals surface area contributed by atoms with Gasteiger partial charge in [0.05, 0.1) is 17.0 Å². The molecule has 6 rings (SSSR count). The molecule has 3 aliphatic rings. The third-order valence-electron chi connectivity index (χ3n) is 6.84. The molecule has 5 nitrogen and oxygen atoms in total. The Hall–Kier alpha value is -3.15. The molecule has 0 spiro atoms. The van der Waals surface area contributed by atoms with Gasteiger partial charge in [0, 0.05) is 22.2 Å². The highest BCUT2D eigenvalue weighted by Gasteiger charge is 2.71. The number of fused-ring (bicyclic) bond motifs is 1. The van der Waals surface area contributed by atoms with E-state index >= 15 is 0 Å². The zero-order valence-electron chi connectivity index (χ0n) is 17.7. The SMILES string of the molecule is Cc1cc([C@@H](C)Nc2ccccc2C(=O)O)c2oc(C34CC(F)(C3)C4)c(C)c(=O)c2c1. The average molecular weight is 421 g/mol. The Labute approximate surface area is 178 Å². The minimum Gasteiger partial charge on any atom is -0.478 e. The maximum Gasteiger partial charge on any atom is 0.337 e. The largest absolute Gasteiger partial charge is 0.478 e. The van der Waals surface area contributed by atoms with Crippen LogP contribution in [0.1, 0.15) is 65.0 Å². The fourth-order valence-electron chi connectivity index (χ4n) is 5.41. The summed E-state index contributed by atoms with van der Waals surface area (Å²) in [6.45, 7) is 5.58. The number of carbonyl (C=O) groups is 1. The van der Waals surface area contributed by atoms with Crippen molar-refractivity contribution >= 4 is 22.6 Å². The monoisotopic (exact) mass is 421 g/mol. The van der Waals surface area contributed by atoms with Crippen LogP contribution in [0.5, 0.6) is 0 Å². The number of alkyl halides is 1. The lowest BCUT2D eigenvalue weighted by Gasteiger charge is -2.65. The Morgan fingerprint density at radius 1 is 1.19 bits per heavy atom. The molecular weight excluding hydrogens is 397 g/mol. The molecule has 3 fully saturated rings. The van der Waals surface area contributed by atoms with Crippen molar-refractivity contribution in [2.45, 2.75) is 57.2 Å². The van der Waals surface area contributed by atoms with Gasteiger partial charge in [-0.15, -0.1) is 0 Å². The molecule has 0 radical (unpaired) electrons. The fourth-order valence-corrected chi connectivity index (χ4v) is 5.41. The number of rotatable bonds is 5. The Bertz CT molecular complexity index is 1290. The molecule has 2 aromatic carbocycles. The van der Waals surface area contributed by atoms with E-state index in [0.29, 0.717) is 47.2 Å². The van der Waals surface area contributed by atoms with Gasteiger partial charge in [0.25, 0.3) is 0 Å². The summed E-state index contributed by atoms with van der Waals surface area (Å²) in [6, 6.07) is 10.2. The first-order valence-corrected chi connectivity index (χ1v) is 10.5. The molecule has 0 unspecified atom stereocenters. The van der Waals surface area contributed by atoms with Gasteiger partial charge in [0.15, 0.2) is 5.43 Å². The van der Waals surface area contributed by atoms with Crippen LogP contribution in [0.4, 0.5) is 10.1 Å². The lowest BCUT2D eigenvalue weighted by Crippen LogP contribution is -2.67. The van der Waals surface area contributed by atoms with E-state index < -0.39 is 11.6 Å². The van der Waals surface area contributed by atoms with Crippen molar-refractivity contribution in [2.75, 3.05) is 5.32 Å². The maximum absolute atomic E-state index is 14.2. The second-order valence-corrected chi connectivity index (χ2v) is 9.29. The van der Waals surface area contributed by atoms with Crippen molar-refractivity contribution in [1.29, 1.82) is 0 Å². The molecule has 2 bridgehead atoms. The number of carboxylic acids is 1. The van der Waals surface area contributed by atoms with E-state index in [1.807, 2.05) is 26.0 Å². The molecule has 6 heteroatoms. The number of aryl methyl sites for hydroxylation is 1. The summed E-state index contributed by atoms with van der Waals surface area (Å²) >= 11 is 0. The number of hydrogen-bond donors (Lipinski definition) is 2. The summed E-state index contributed by atoms with van der Waals surface area (Å²) in [5.74, 6) is -0.412. The number of anilines is 1. The molecule has 0 aliphatic heterocycles. The zero-order valence-corrected chi connectivity index (χ0v) is 17.7. The fraction of sp³-hybridized carbons (Fsp3) is 0.360. The predicted octanol–water partition coefficient (Wildman–Crippen LogP) is 5.42. The van der Waals surface area contributed by atoms with Crippen LogP contribution in [0.25, 0.3) is 11.0 Å². The number of hydrogen-bond acceptors (Lipinski definition) is 4. The number of nitrogens with one attached hydrogen (secondary N) is 1. The summed E-state index contributed by atoms with van der Waals surface area (Å²) < 4.78 is 20.5. The average Bonchev–Trinajstić information content (AvgIpc) is 2.68.